The smallest absolute Gasteiger partial charge is 0.119 e. The Labute approximate surface area is 150 Å². The van der Waals surface area contributed by atoms with Crippen molar-refractivity contribution in [2.24, 2.45) is 0 Å². The number of hydrogen-bond donors (Lipinski definition) is 1. The maximum absolute atomic E-state index is 5.69. The molecule has 2 nitrogen and oxygen atoms in total. The van der Waals surface area contributed by atoms with Crippen molar-refractivity contribution in [2.75, 3.05) is 11.9 Å². The third kappa shape index (κ3) is 5.12. The van der Waals surface area contributed by atoms with Gasteiger partial charge in [-0.25, -0.2) is 0 Å². The number of unbranched alkanes of at least 4 members (excludes halogenated alkanes) is 1. The number of nitrogens with one attached hydrogen (secondary N) is 1. The molecule has 3 rings (SSSR count). The van der Waals surface area contributed by atoms with Crippen LogP contribution in [0.15, 0.2) is 78.9 Å². The van der Waals surface area contributed by atoms with Gasteiger partial charge >= 0.3 is 0 Å². The summed E-state index contributed by atoms with van der Waals surface area (Å²) in [5.74, 6) is 0.936. The molecule has 3 aromatic carbocycles. The molecule has 0 spiro atoms. The molecule has 0 aliphatic carbocycles. The van der Waals surface area contributed by atoms with E-state index in [9.17, 15) is 0 Å². The summed E-state index contributed by atoms with van der Waals surface area (Å²) in [6.45, 7) is 3.77. The van der Waals surface area contributed by atoms with Crippen molar-refractivity contribution in [1.82, 2.24) is 0 Å². The highest BCUT2D eigenvalue weighted by Crippen LogP contribution is 2.20. The second-order valence-corrected chi connectivity index (χ2v) is 6.14. The van der Waals surface area contributed by atoms with Crippen molar-refractivity contribution in [3.8, 4) is 16.9 Å². The largest absolute Gasteiger partial charge is 0.494 e. The summed E-state index contributed by atoms with van der Waals surface area (Å²) in [7, 11) is 0. The van der Waals surface area contributed by atoms with Gasteiger partial charge in [0, 0.05) is 12.2 Å². The van der Waals surface area contributed by atoms with Crippen molar-refractivity contribution in [3.05, 3.63) is 84.4 Å². The highest BCUT2D eigenvalue weighted by Gasteiger charge is 1.99. The first-order valence-electron chi connectivity index (χ1n) is 8.96. The standard InChI is InChI=1S/C23H25NO/c1-2-3-17-25-23-15-13-22(14-16-23)24-18-19-9-11-21(12-10-19)20-7-5-4-6-8-20/h4-16,24H,2-3,17-18H2,1H3. The van der Waals surface area contributed by atoms with Crippen molar-refractivity contribution in [2.45, 2.75) is 26.3 Å². The monoisotopic (exact) mass is 331 g/mol. The fourth-order valence-electron chi connectivity index (χ4n) is 2.65. The maximum atomic E-state index is 5.69. The molecule has 3 aromatic rings. The average Bonchev–Trinajstić information content (AvgIpc) is 2.69. The summed E-state index contributed by atoms with van der Waals surface area (Å²) >= 11 is 0. The molecule has 0 saturated heterocycles. The Kier molecular flexibility index (Phi) is 6.11. The maximum Gasteiger partial charge on any atom is 0.119 e. The molecule has 0 heterocycles. The van der Waals surface area contributed by atoms with Gasteiger partial charge < -0.3 is 10.1 Å². The lowest BCUT2D eigenvalue weighted by molar-refractivity contribution is 0.309. The molecule has 0 aliphatic rings. The second kappa shape index (κ2) is 8.93. The zero-order valence-corrected chi connectivity index (χ0v) is 14.7. The first-order valence-corrected chi connectivity index (χ1v) is 8.96. The van der Waals surface area contributed by atoms with E-state index in [-0.39, 0.29) is 0 Å². The Morgan fingerprint density at radius 2 is 1.44 bits per heavy atom. The molecular formula is C23H25NO. The third-order valence-corrected chi connectivity index (χ3v) is 4.18. The second-order valence-electron chi connectivity index (χ2n) is 6.14. The number of hydrogen-bond acceptors (Lipinski definition) is 2. The molecule has 0 aliphatic heterocycles. The molecule has 2 heteroatoms. The van der Waals surface area contributed by atoms with Crippen LogP contribution < -0.4 is 10.1 Å². The van der Waals surface area contributed by atoms with Crippen LogP contribution >= 0.6 is 0 Å². The van der Waals surface area contributed by atoms with Gasteiger partial charge in [-0.1, -0.05) is 67.9 Å². The number of rotatable bonds is 8. The van der Waals surface area contributed by atoms with Crippen LogP contribution in [0.2, 0.25) is 0 Å². The normalized spacial score (nSPS) is 10.4. The van der Waals surface area contributed by atoms with E-state index >= 15 is 0 Å². The number of anilines is 1. The number of ether oxygens (including phenoxy) is 1. The van der Waals surface area contributed by atoms with Gasteiger partial charge in [0.15, 0.2) is 0 Å². The third-order valence-electron chi connectivity index (χ3n) is 4.18. The van der Waals surface area contributed by atoms with E-state index in [4.69, 9.17) is 4.74 Å². The first kappa shape index (κ1) is 17.1. The van der Waals surface area contributed by atoms with Gasteiger partial charge in [0.1, 0.15) is 5.75 Å². The van der Waals surface area contributed by atoms with Crippen molar-refractivity contribution in [1.29, 1.82) is 0 Å². The van der Waals surface area contributed by atoms with Gasteiger partial charge in [-0.3, -0.25) is 0 Å². The molecule has 0 aromatic heterocycles. The van der Waals surface area contributed by atoms with E-state index in [1.165, 1.54) is 16.7 Å². The lowest BCUT2D eigenvalue weighted by Crippen LogP contribution is -2.00. The van der Waals surface area contributed by atoms with Gasteiger partial charge in [-0.05, 0) is 47.4 Å². The Bertz CT molecular complexity index is 748. The van der Waals surface area contributed by atoms with E-state index < -0.39 is 0 Å². The Morgan fingerprint density at radius 1 is 0.760 bits per heavy atom. The van der Waals surface area contributed by atoms with E-state index in [1.807, 2.05) is 18.2 Å². The fourth-order valence-corrected chi connectivity index (χ4v) is 2.65. The molecular weight excluding hydrogens is 306 g/mol. The van der Waals surface area contributed by atoms with Crippen LogP contribution in [0.3, 0.4) is 0 Å². The summed E-state index contributed by atoms with van der Waals surface area (Å²) < 4.78 is 5.69. The number of benzene rings is 3. The molecule has 0 bridgehead atoms. The van der Waals surface area contributed by atoms with Crippen LogP contribution in [0.5, 0.6) is 5.75 Å². The minimum atomic E-state index is 0.789. The van der Waals surface area contributed by atoms with Gasteiger partial charge in [0.25, 0.3) is 0 Å². The molecule has 0 radical (unpaired) electrons. The zero-order chi connectivity index (χ0) is 17.3. The van der Waals surface area contributed by atoms with Crippen molar-refractivity contribution in [3.63, 3.8) is 0 Å². The van der Waals surface area contributed by atoms with Crippen LogP contribution in [0.25, 0.3) is 11.1 Å². The summed E-state index contributed by atoms with van der Waals surface area (Å²) in [4.78, 5) is 0. The Morgan fingerprint density at radius 3 is 2.12 bits per heavy atom. The SMILES string of the molecule is CCCCOc1ccc(NCc2ccc(-c3ccccc3)cc2)cc1. The molecule has 0 fully saturated rings. The summed E-state index contributed by atoms with van der Waals surface area (Å²) in [5, 5.41) is 3.46. The van der Waals surface area contributed by atoms with E-state index in [0.29, 0.717) is 0 Å². The van der Waals surface area contributed by atoms with Crippen LogP contribution in [0.1, 0.15) is 25.3 Å². The van der Waals surface area contributed by atoms with E-state index in [1.54, 1.807) is 0 Å². The van der Waals surface area contributed by atoms with Crippen molar-refractivity contribution >= 4 is 5.69 Å². The average molecular weight is 331 g/mol. The minimum Gasteiger partial charge on any atom is -0.494 e. The summed E-state index contributed by atoms with van der Waals surface area (Å²) in [6.07, 6.45) is 2.25. The van der Waals surface area contributed by atoms with Crippen LogP contribution in [-0.2, 0) is 6.54 Å². The van der Waals surface area contributed by atoms with Gasteiger partial charge in [-0.15, -0.1) is 0 Å². The molecule has 0 amide bonds. The van der Waals surface area contributed by atoms with E-state index in [2.05, 4.69) is 72.9 Å². The highest BCUT2D eigenvalue weighted by atomic mass is 16.5. The molecule has 1 N–H and O–H groups in total. The van der Waals surface area contributed by atoms with Gasteiger partial charge in [-0.2, -0.15) is 0 Å². The first-order chi connectivity index (χ1) is 12.3. The molecule has 0 saturated carbocycles. The minimum absolute atomic E-state index is 0.789. The fraction of sp³-hybridized carbons (Fsp3) is 0.217. The van der Waals surface area contributed by atoms with Gasteiger partial charge in [0.05, 0.1) is 6.61 Å². The predicted molar refractivity (Wildman–Crippen MR) is 106 cm³/mol. The quantitative estimate of drug-likeness (QED) is 0.500. The zero-order valence-electron chi connectivity index (χ0n) is 14.7. The lowest BCUT2D eigenvalue weighted by Gasteiger charge is -2.09. The summed E-state index contributed by atoms with van der Waals surface area (Å²) in [6, 6.07) is 27.4. The van der Waals surface area contributed by atoms with E-state index in [0.717, 1.165) is 37.4 Å². The topological polar surface area (TPSA) is 21.3 Å². The Balaban J connectivity index is 1.53. The van der Waals surface area contributed by atoms with Gasteiger partial charge in [0.2, 0.25) is 0 Å². The molecule has 0 atom stereocenters. The summed E-state index contributed by atoms with van der Waals surface area (Å²) in [5.41, 5.74) is 4.87. The lowest BCUT2D eigenvalue weighted by atomic mass is 10.0. The van der Waals surface area contributed by atoms with Crippen LogP contribution in [0.4, 0.5) is 5.69 Å². The molecule has 25 heavy (non-hydrogen) atoms. The van der Waals surface area contributed by atoms with Crippen molar-refractivity contribution < 1.29 is 4.74 Å². The van der Waals surface area contributed by atoms with Crippen LogP contribution in [0, 0.1) is 0 Å². The molecule has 128 valence electrons. The Hall–Kier alpha value is -2.74. The molecule has 0 unspecified atom stereocenters. The highest BCUT2D eigenvalue weighted by molar-refractivity contribution is 5.63. The predicted octanol–water partition coefficient (Wildman–Crippen LogP) is 6.14. The van der Waals surface area contributed by atoms with Crippen LogP contribution in [-0.4, -0.2) is 6.61 Å².